The predicted octanol–water partition coefficient (Wildman–Crippen LogP) is 3.08. The van der Waals surface area contributed by atoms with Gasteiger partial charge in [-0.05, 0) is 30.2 Å². The first-order chi connectivity index (χ1) is 10.2. The topological polar surface area (TPSA) is 55.4 Å². The van der Waals surface area contributed by atoms with Crippen LogP contribution in [0.4, 0.5) is 5.69 Å². The van der Waals surface area contributed by atoms with Crippen LogP contribution >= 0.6 is 0 Å². The van der Waals surface area contributed by atoms with Gasteiger partial charge in [-0.1, -0.05) is 30.3 Å². The van der Waals surface area contributed by atoms with Crippen molar-refractivity contribution in [1.82, 2.24) is 0 Å². The molecule has 1 amide bonds. The Morgan fingerprint density at radius 1 is 1.19 bits per heavy atom. The highest BCUT2D eigenvalue weighted by molar-refractivity contribution is 5.93. The van der Waals surface area contributed by atoms with E-state index in [0.717, 1.165) is 11.8 Å². The third-order valence-electron chi connectivity index (χ3n) is 3.12. The summed E-state index contributed by atoms with van der Waals surface area (Å²) in [6, 6.07) is 14.7. The number of hydrogen-bond donors (Lipinski definition) is 1. The van der Waals surface area contributed by atoms with E-state index in [1.165, 1.54) is 7.11 Å². The molecule has 0 aliphatic carbocycles. The van der Waals surface area contributed by atoms with Crippen molar-refractivity contribution in [3.05, 3.63) is 59.7 Å². The summed E-state index contributed by atoms with van der Waals surface area (Å²) in [6.45, 7) is 0. The Kier molecular flexibility index (Phi) is 5.10. The first-order valence-corrected chi connectivity index (χ1v) is 6.70. The van der Waals surface area contributed by atoms with Crippen LogP contribution in [-0.4, -0.2) is 19.3 Å². The lowest BCUT2D eigenvalue weighted by molar-refractivity contribution is -0.116. The molecule has 0 bridgehead atoms. The van der Waals surface area contributed by atoms with E-state index in [1.54, 1.807) is 18.2 Å². The van der Waals surface area contributed by atoms with Gasteiger partial charge < -0.3 is 10.1 Å². The third kappa shape index (κ3) is 4.18. The molecule has 0 spiro atoms. The fourth-order valence-electron chi connectivity index (χ4n) is 2.01. The van der Waals surface area contributed by atoms with Crippen molar-refractivity contribution in [3.63, 3.8) is 0 Å². The van der Waals surface area contributed by atoms with Gasteiger partial charge in [0.15, 0.2) is 0 Å². The molecule has 2 aromatic carbocycles. The maximum atomic E-state index is 12.0. The maximum absolute atomic E-state index is 12.0. The molecule has 0 unspecified atom stereocenters. The minimum atomic E-state index is -0.111. The van der Waals surface area contributed by atoms with Crippen LogP contribution in [0.5, 0.6) is 5.75 Å². The van der Waals surface area contributed by atoms with Crippen LogP contribution in [0, 0.1) is 0 Å². The van der Waals surface area contributed by atoms with E-state index in [2.05, 4.69) is 5.32 Å². The third-order valence-corrected chi connectivity index (χ3v) is 3.12. The van der Waals surface area contributed by atoms with Crippen molar-refractivity contribution in [3.8, 4) is 5.75 Å². The number of methoxy groups -OCH3 is 1. The molecular weight excluding hydrogens is 266 g/mol. The molecule has 0 aliphatic heterocycles. The smallest absolute Gasteiger partial charge is 0.224 e. The second-order valence-electron chi connectivity index (χ2n) is 4.61. The molecule has 0 aromatic heterocycles. The molecule has 0 saturated carbocycles. The SMILES string of the molecule is COc1ccc(C=O)cc1NC(=O)CCc1ccccc1. The molecule has 4 heteroatoms. The van der Waals surface area contributed by atoms with Gasteiger partial charge in [0, 0.05) is 12.0 Å². The molecule has 2 aromatic rings. The Balaban J connectivity index is 2.00. The molecule has 0 radical (unpaired) electrons. The zero-order valence-electron chi connectivity index (χ0n) is 11.8. The molecule has 108 valence electrons. The van der Waals surface area contributed by atoms with Crippen molar-refractivity contribution < 1.29 is 14.3 Å². The van der Waals surface area contributed by atoms with Crippen molar-refractivity contribution in [1.29, 1.82) is 0 Å². The zero-order valence-corrected chi connectivity index (χ0v) is 11.8. The minimum Gasteiger partial charge on any atom is -0.495 e. The molecule has 0 saturated heterocycles. The van der Waals surface area contributed by atoms with Crippen molar-refractivity contribution in [2.24, 2.45) is 0 Å². The molecule has 21 heavy (non-hydrogen) atoms. The predicted molar refractivity (Wildman–Crippen MR) is 81.8 cm³/mol. The minimum absolute atomic E-state index is 0.111. The Bertz CT molecular complexity index is 623. The summed E-state index contributed by atoms with van der Waals surface area (Å²) in [4.78, 5) is 22.8. The summed E-state index contributed by atoms with van der Waals surface area (Å²) in [5.41, 5.74) is 2.12. The molecule has 1 N–H and O–H groups in total. The van der Waals surface area contributed by atoms with E-state index in [-0.39, 0.29) is 5.91 Å². The van der Waals surface area contributed by atoms with Crippen LogP contribution in [0.15, 0.2) is 48.5 Å². The van der Waals surface area contributed by atoms with Gasteiger partial charge in [-0.25, -0.2) is 0 Å². The summed E-state index contributed by atoms with van der Waals surface area (Å²) in [6.07, 6.45) is 1.78. The van der Waals surface area contributed by atoms with Gasteiger partial charge in [0.05, 0.1) is 12.8 Å². The van der Waals surface area contributed by atoms with Gasteiger partial charge >= 0.3 is 0 Å². The number of aldehydes is 1. The van der Waals surface area contributed by atoms with E-state index < -0.39 is 0 Å². The summed E-state index contributed by atoms with van der Waals surface area (Å²) in [5, 5.41) is 2.78. The highest BCUT2D eigenvalue weighted by atomic mass is 16.5. The normalized spacial score (nSPS) is 9.95. The van der Waals surface area contributed by atoms with Crippen LogP contribution in [0.3, 0.4) is 0 Å². The number of carbonyl (C=O) groups is 2. The summed E-state index contributed by atoms with van der Waals surface area (Å²) >= 11 is 0. The largest absolute Gasteiger partial charge is 0.495 e. The number of anilines is 1. The number of rotatable bonds is 6. The van der Waals surface area contributed by atoms with Crippen molar-refractivity contribution >= 4 is 17.9 Å². The maximum Gasteiger partial charge on any atom is 0.224 e. The molecule has 0 fully saturated rings. The fraction of sp³-hybridized carbons (Fsp3) is 0.176. The van der Waals surface area contributed by atoms with Crippen LogP contribution in [-0.2, 0) is 11.2 Å². The lowest BCUT2D eigenvalue weighted by Crippen LogP contribution is -2.13. The lowest BCUT2D eigenvalue weighted by Gasteiger charge is -2.10. The first kappa shape index (κ1) is 14.8. The second-order valence-corrected chi connectivity index (χ2v) is 4.61. The van der Waals surface area contributed by atoms with E-state index in [0.29, 0.717) is 29.8 Å². The number of hydrogen-bond acceptors (Lipinski definition) is 3. The average Bonchev–Trinajstić information content (AvgIpc) is 2.54. The molecule has 0 heterocycles. The number of ether oxygens (including phenoxy) is 1. The van der Waals surface area contributed by atoms with Crippen molar-refractivity contribution in [2.75, 3.05) is 12.4 Å². The van der Waals surface area contributed by atoms with E-state index in [9.17, 15) is 9.59 Å². The lowest BCUT2D eigenvalue weighted by atomic mass is 10.1. The van der Waals surface area contributed by atoms with Crippen LogP contribution < -0.4 is 10.1 Å². The monoisotopic (exact) mass is 283 g/mol. The second kappa shape index (κ2) is 7.24. The summed E-state index contributed by atoms with van der Waals surface area (Å²) in [5.74, 6) is 0.425. The van der Waals surface area contributed by atoms with Crippen LogP contribution in [0.2, 0.25) is 0 Å². The zero-order chi connectivity index (χ0) is 15.1. The standard InChI is InChI=1S/C17H17NO3/c1-21-16-9-7-14(12-19)11-15(16)18-17(20)10-8-13-5-3-2-4-6-13/h2-7,9,11-12H,8,10H2,1H3,(H,18,20). The first-order valence-electron chi connectivity index (χ1n) is 6.70. The van der Waals surface area contributed by atoms with E-state index in [4.69, 9.17) is 4.74 Å². The fourth-order valence-corrected chi connectivity index (χ4v) is 2.01. The molecule has 0 atom stereocenters. The van der Waals surface area contributed by atoms with Crippen LogP contribution in [0.25, 0.3) is 0 Å². The number of aryl methyl sites for hydroxylation is 1. The number of nitrogens with one attached hydrogen (secondary N) is 1. The van der Waals surface area contributed by atoms with Gasteiger partial charge in [0.1, 0.15) is 12.0 Å². The Morgan fingerprint density at radius 2 is 1.95 bits per heavy atom. The molecule has 0 aliphatic rings. The summed E-state index contributed by atoms with van der Waals surface area (Å²) in [7, 11) is 1.52. The number of carbonyl (C=O) groups excluding carboxylic acids is 2. The Labute approximate surface area is 123 Å². The number of amides is 1. The van der Waals surface area contributed by atoms with Gasteiger partial charge in [-0.3, -0.25) is 9.59 Å². The van der Waals surface area contributed by atoms with Gasteiger partial charge in [-0.15, -0.1) is 0 Å². The molecule has 2 rings (SSSR count). The highest BCUT2D eigenvalue weighted by Crippen LogP contribution is 2.25. The van der Waals surface area contributed by atoms with Gasteiger partial charge in [0.25, 0.3) is 0 Å². The van der Waals surface area contributed by atoms with E-state index in [1.807, 2.05) is 30.3 Å². The molecular formula is C17H17NO3. The van der Waals surface area contributed by atoms with E-state index >= 15 is 0 Å². The molecule has 4 nitrogen and oxygen atoms in total. The Hall–Kier alpha value is -2.62. The van der Waals surface area contributed by atoms with Gasteiger partial charge in [-0.2, -0.15) is 0 Å². The average molecular weight is 283 g/mol. The number of benzene rings is 2. The van der Waals surface area contributed by atoms with Crippen molar-refractivity contribution in [2.45, 2.75) is 12.8 Å². The quantitative estimate of drug-likeness (QED) is 0.829. The van der Waals surface area contributed by atoms with Crippen LogP contribution in [0.1, 0.15) is 22.3 Å². The Morgan fingerprint density at radius 3 is 2.62 bits per heavy atom. The highest BCUT2D eigenvalue weighted by Gasteiger charge is 2.08. The summed E-state index contributed by atoms with van der Waals surface area (Å²) < 4.78 is 5.18. The van der Waals surface area contributed by atoms with Gasteiger partial charge in [0.2, 0.25) is 5.91 Å².